The molecule has 19 heavy (non-hydrogen) atoms. The molecule has 0 aromatic heterocycles. The fourth-order valence-corrected chi connectivity index (χ4v) is 2.47. The van der Waals surface area contributed by atoms with E-state index in [0.717, 1.165) is 45.3 Å². The number of likely N-dealkylation sites (tertiary alicyclic amines) is 1. The lowest BCUT2D eigenvalue weighted by molar-refractivity contribution is -0.143. The van der Waals surface area contributed by atoms with E-state index in [1.165, 1.54) is 0 Å². The molecule has 0 saturated carbocycles. The molecular weight excluding hydrogens is 244 g/mol. The van der Waals surface area contributed by atoms with Crippen molar-refractivity contribution in [2.24, 2.45) is 5.73 Å². The minimum absolute atomic E-state index is 0.0779. The summed E-state index contributed by atoms with van der Waals surface area (Å²) in [4.78, 5) is 13.6. The Morgan fingerprint density at radius 3 is 2.84 bits per heavy atom. The Morgan fingerprint density at radius 1 is 1.37 bits per heavy atom. The summed E-state index contributed by atoms with van der Waals surface area (Å²) >= 11 is 0. The Bertz CT molecular complexity index is 261. The predicted molar refractivity (Wildman–Crippen MR) is 74.9 cm³/mol. The van der Waals surface area contributed by atoms with Crippen LogP contribution in [0.3, 0.4) is 0 Å². The standard InChI is InChI=1S/C14H28N2O3/c1-3-19-14(17)7-5-4-6-9-16-10-8-12(15)13(11-16)18-2/h12-13H,3-11,15H2,1-2H3/t12?,13-/m0/s1. The topological polar surface area (TPSA) is 64.8 Å². The quantitative estimate of drug-likeness (QED) is 0.530. The van der Waals surface area contributed by atoms with Crippen molar-refractivity contribution in [3.63, 3.8) is 0 Å². The fourth-order valence-electron chi connectivity index (χ4n) is 2.47. The number of methoxy groups -OCH3 is 1. The summed E-state index contributed by atoms with van der Waals surface area (Å²) < 4.78 is 10.3. The number of unbranched alkanes of at least 4 members (excludes halogenated alkanes) is 2. The maximum atomic E-state index is 11.2. The highest BCUT2D eigenvalue weighted by Crippen LogP contribution is 2.13. The smallest absolute Gasteiger partial charge is 0.305 e. The number of hydrogen-bond acceptors (Lipinski definition) is 5. The molecule has 0 spiro atoms. The van der Waals surface area contributed by atoms with Crippen molar-refractivity contribution >= 4 is 5.97 Å². The van der Waals surface area contributed by atoms with Gasteiger partial charge >= 0.3 is 5.97 Å². The van der Waals surface area contributed by atoms with Crippen LogP contribution < -0.4 is 5.73 Å². The van der Waals surface area contributed by atoms with Crippen molar-refractivity contribution in [2.75, 3.05) is 33.4 Å². The van der Waals surface area contributed by atoms with Gasteiger partial charge in [-0.15, -0.1) is 0 Å². The molecule has 1 aliphatic heterocycles. The van der Waals surface area contributed by atoms with Crippen LogP contribution >= 0.6 is 0 Å². The number of esters is 1. The molecule has 1 saturated heterocycles. The molecule has 2 N–H and O–H groups in total. The largest absolute Gasteiger partial charge is 0.466 e. The molecule has 0 radical (unpaired) electrons. The van der Waals surface area contributed by atoms with E-state index in [1.807, 2.05) is 6.92 Å². The summed E-state index contributed by atoms with van der Waals surface area (Å²) in [7, 11) is 1.73. The second-order valence-electron chi connectivity index (χ2n) is 5.14. The van der Waals surface area contributed by atoms with Crippen LogP contribution in [0.1, 0.15) is 39.0 Å². The van der Waals surface area contributed by atoms with Gasteiger partial charge in [0.25, 0.3) is 0 Å². The highest BCUT2D eigenvalue weighted by molar-refractivity contribution is 5.69. The number of nitrogens with two attached hydrogens (primary N) is 1. The highest BCUT2D eigenvalue weighted by Gasteiger charge is 2.25. The van der Waals surface area contributed by atoms with Crippen LogP contribution in [-0.4, -0.2) is 56.4 Å². The summed E-state index contributed by atoms with van der Waals surface area (Å²) in [6, 6.07) is 0.171. The molecule has 0 aliphatic carbocycles. The van der Waals surface area contributed by atoms with Crippen molar-refractivity contribution in [1.82, 2.24) is 4.90 Å². The normalized spacial score (nSPS) is 24.4. The van der Waals surface area contributed by atoms with E-state index in [9.17, 15) is 4.79 Å². The zero-order valence-corrected chi connectivity index (χ0v) is 12.3. The molecule has 0 aromatic rings. The SMILES string of the molecule is CCOC(=O)CCCCCN1CCC(N)[C@@H](OC)C1. The van der Waals surface area contributed by atoms with Gasteiger partial charge < -0.3 is 20.1 Å². The summed E-state index contributed by atoms with van der Waals surface area (Å²) in [5.74, 6) is -0.0779. The van der Waals surface area contributed by atoms with Gasteiger partial charge in [0.15, 0.2) is 0 Å². The highest BCUT2D eigenvalue weighted by atomic mass is 16.5. The van der Waals surface area contributed by atoms with Crippen LogP contribution in [0.15, 0.2) is 0 Å². The molecule has 112 valence electrons. The molecule has 5 nitrogen and oxygen atoms in total. The number of nitrogens with zero attached hydrogens (tertiary/aromatic N) is 1. The molecule has 1 aliphatic rings. The summed E-state index contributed by atoms with van der Waals surface area (Å²) in [6.07, 6.45) is 4.80. The monoisotopic (exact) mass is 272 g/mol. The summed E-state index contributed by atoms with van der Waals surface area (Å²) in [5, 5.41) is 0. The summed E-state index contributed by atoms with van der Waals surface area (Å²) in [6.45, 7) is 5.36. The minimum Gasteiger partial charge on any atom is -0.466 e. The van der Waals surface area contributed by atoms with Crippen molar-refractivity contribution in [3.8, 4) is 0 Å². The number of rotatable bonds is 8. The molecule has 1 unspecified atom stereocenters. The van der Waals surface area contributed by atoms with E-state index < -0.39 is 0 Å². The number of carbonyl (C=O) groups excluding carboxylic acids is 1. The van der Waals surface area contributed by atoms with Crippen molar-refractivity contribution in [1.29, 1.82) is 0 Å². The first-order chi connectivity index (χ1) is 9.17. The Balaban J connectivity index is 2.05. The van der Waals surface area contributed by atoms with Crippen LogP contribution in [0.4, 0.5) is 0 Å². The van der Waals surface area contributed by atoms with Gasteiger partial charge in [0, 0.05) is 26.1 Å². The van der Waals surface area contributed by atoms with Gasteiger partial charge in [0.2, 0.25) is 0 Å². The third kappa shape index (κ3) is 6.36. The van der Waals surface area contributed by atoms with Gasteiger partial charge in [-0.1, -0.05) is 6.42 Å². The Morgan fingerprint density at radius 2 is 2.16 bits per heavy atom. The van der Waals surface area contributed by atoms with Crippen molar-refractivity contribution in [3.05, 3.63) is 0 Å². The Labute approximate surface area is 116 Å². The maximum absolute atomic E-state index is 11.2. The second-order valence-corrected chi connectivity index (χ2v) is 5.14. The van der Waals surface area contributed by atoms with Gasteiger partial charge in [-0.05, 0) is 39.3 Å². The molecule has 0 bridgehead atoms. The predicted octanol–water partition coefficient (Wildman–Crippen LogP) is 1.16. The Hall–Kier alpha value is -0.650. The molecule has 0 aromatic carbocycles. The lowest BCUT2D eigenvalue weighted by Crippen LogP contribution is -2.51. The molecule has 1 heterocycles. The first kappa shape index (κ1) is 16.4. The van der Waals surface area contributed by atoms with Crippen LogP contribution in [0.25, 0.3) is 0 Å². The maximum Gasteiger partial charge on any atom is 0.305 e. The van der Waals surface area contributed by atoms with E-state index in [-0.39, 0.29) is 18.1 Å². The van der Waals surface area contributed by atoms with Gasteiger partial charge in [0.05, 0.1) is 12.7 Å². The van der Waals surface area contributed by atoms with E-state index >= 15 is 0 Å². The van der Waals surface area contributed by atoms with Crippen molar-refractivity contribution < 1.29 is 14.3 Å². The van der Waals surface area contributed by atoms with Crippen LogP contribution in [0, 0.1) is 0 Å². The lowest BCUT2D eigenvalue weighted by atomic mass is 10.0. The second kappa shape index (κ2) is 9.28. The zero-order valence-electron chi connectivity index (χ0n) is 12.3. The van der Waals surface area contributed by atoms with Gasteiger partial charge in [-0.25, -0.2) is 0 Å². The molecule has 2 atom stereocenters. The third-order valence-electron chi connectivity index (χ3n) is 3.66. The van der Waals surface area contributed by atoms with E-state index in [2.05, 4.69) is 4.90 Å². The van der Waals surface area contributed by atoms with Gasteiger partial charge in [-0.2, -0.15) is 0 Å². The lowest BCUT2D eigenvalue weighted by Gasteiger charge is -2.35. The first-order valence-corrected chi connectivity index (χ1v) is 7.33. The molecule has 1 fully saturated rings. The summed E-state index contributed by atoms with van der Waals surface area (Å²) in [5.41, 5.74) is 5.99. The van der Waals surface area contributed by atoms with E-state index in [0.29, 0.717) is 13.0 Å². The average molecular weight is 272 g/mol. The zero-order chi connectivity index (χ0) is 14.1. The number of carbonyl (C=O) groups is 1. The number of hydrogen-bond donors (Lipinski definition) is 1. The first-order valence-electron chi connectivity index (χ1n) is 7.33. The van der Waals surface area contributed by atoms with E-state index in [4.69, 9.17) is 15.2 Å². The van der Waals surface area contributed by atoms with E-state index in [1.54, 1.807) is 7.11 Å². The van der Waals surface area contributed by atoms with Crippen molar-refractivity contribution in [2.45, 2.75) is 51.2 Å². The average Bonchev–Trinajstić information content (AvgIpc) is 2.40. The van der Waals surface area contributed by atoms with Crippen LogP contribution in [-0.2, 0) is 14.3 Å². The molecule has 5 heteroatoms. The Kier molecular flexibility index (Phi) is 8.02. The van der Waals surface area contributed by atoms with Crippen LogP contribution in [0.5, 0.6) is 0 Å². The minimum atomic E-state index is -0.0779. The molecule has 0 amide bonds. The van der Waals surface area contributed by atoms with Crippen LogP contribution in [0.2, 0.25) is 0 Å². The van der Waals surface area contributed by atoms with Gasteiger partial charge in [-0.3, -0.25) is 4.79 Å². The fraction of sp³-hybridized carbons (Fsp3) is 0.929. The number of piperidine rings is 1. The molecular formula is C14H28N2O3. The third-order valence-corrected chi connectivity index (χ3v) is 3.66. The number of ether oxygens (including phenoxy) is 2. The van der Waals surface area contributed by atoms with Gasteiger partial charge in [0.1, 0.15) is 0 Å². The molecule has 1 rings (SSSR count).